The number of hydrogen-bond donors (Lipinski definition) is 1. The number of benzene rings is 7. The van der Waals surface area contributed by atoms with E-state index in [0.29, 0.717) is 0 Å². The lowest BCUT2D eigenvalue weighted by Gasteiger charge is -2.46. The maximum atomic E-state index is 4.14. The van der Waals surface area contributed by atoms with Crippen molar-refractivity contribution < 1.29 is 0 Å². The van der Waals surface area contributed by atoms with Crippen molar-refractivity contribution in [1.29, 1.82) is 0 Å². The van der Waals surface area contributed by atoms with E-state index in [1.165, 1.54) is 117 Å². The van der Waals surface area contributed by atoms with Crippen molar-refractivity contribution in [2.75, 3.05) is 10.2 Å². The van der Waals surface area contributed by atoms with Crippen LogP contribution in [0.25, 0.3) is 42.4 Å². The molecule has 1 N–H and O–H groups in total. The van der Waals surface area contributed by atoms with Gasteiger partial charge >= 0.3 is 0 Å². The molecule has 3 heterocycles. The Balaban J connectivity index is 1.19. The lowest BCUT2D eigenvalue weighted by atomic mass is 9.55. The van der Waals surface area contributed by atoms with Gasteiger partial charge in [-0.15, -0.1) is 11.3 Å². The van der Waals surface area contributed by atoms with Gasteiger partial charge in [0.2, 0.25) is 0 Å². The van der Waals surface area contributed by atoms with Crippen LogP contribution in [0.2, 0.25) is 0 Å². The van der Waals surface area contributed by atoms with Gasteiger partial charge in [0.15, 0.2) is 7.28 Å². The molecule has 0 bridgehead atoms. The minimum absolute atomic E-state index is 0.107. The SMILES string of the molecule is CC1(C)CCC(C)(C)c2cc(Nc3cc4sc5ccccc5c4cc3-c3c4c(cc5c3-c3ccccc3C5(C)C)N3c5ccccc5C(C)(C)c5cccc(c53)[B]4)ccc21. The second-order valence-corrected chi connectivity index (χ2v) is 21.4. The molecule has 0 unspecified atom stereocenters. The molecule has 1 radical (unpaired) electrons. The summed E-state index contributed by atoms with van der Waals surface area (Å²) in [5.74, 6) is 0. The number of para-hydroxylation sites is 2. The molecule has 0 spiro atoms. The average molecular weight is 794 g/mol. The predicted octanol–water partition coefficient (Wildman–Crippen LogP) is 14.2. The van der Waals surface area contributed by atoms with Crippen molar-refractivity contribution in [2.45, 2.75) is 89.9 Å². The molecule has 0 atom stereocenters. The number of fused-ring (bicyclic) bond motifs is 11. The molecule has 12 rings (SSSR count). The lowest BCUT2D eigenvalue weighted by molar-refractivity contribution is 0.332. The first-order valence-electron chi connectivity index (χ1n) is 21.8. The molecule has 60 heavy (non-hydrogen) atoms. The minimum atomic E-state index is -0.201. The van der Waals surface area contributed by atoms with E-state index < -0.39 is 0 Å². The lowest BCUT2D eigenvalue weighted by Crippen LogP contribution is -2.45. The number of hydrogen-bond acceptors (Lipinski definition) is 3. The summed E-state index contributed by atoms with van der Waals surface area (Å²) in [6, 6.07) is 48.9. The molecule has 1 aromatic heterocycles. The third-order valence-electron chi connectivity index (χ3n) is 15.1. The fraction of sp³-hybridized carbons (Fsp3) is 0.250. The van der Waals surface area contributed by atoms with Gasteiger partial charge in [-0.2, -0.15) is 0 Å². The van der Waals surface area contributed by atoms with Crippen LogP contribution >= 0.6 is 11.3 Å². The summed E-state index contributed by atoms with van der Waals surface area (Å²) in [6.45, 7) is 19.3. The average Bonchev–Trinajstić information content (AvgIpc) is 3.71. The van der Waals surface area contributed by atoms with E-state index in [2.05, 4.69) is 200 Å². The van der Waals surface area contributed by atoms with E-state index in [9.17, 15) is 0 Å². The fourth-order valence-electron chi connectivity index (χ4n) is 11.7. The van der Waals surface area contributed by atoms with Crippen LogP contribution in [-0.4, -0.2) is 7.28 Å². The van der Waals surface area contributed by atoms with Crippen LogP contribution in [0.3, 0.4) is 0 Å². The molecule has 2 aliphatic heterocycles. The zero-order chi connectivity index (χ0) is 41.1. The van der Waals surface area contributed by atoms with Gasteiger partial charge < -0.3 is 10.2 Å². The van der Waals surface area contributed by atoms with Crippen LogP contribution in [0.4, 0.5) is 28.4 Å². The van der Waals surface area contributed by atoms with E-state index in [4.69, 9.17) is 0 Å². The first-order valence-corrected chi connectivity index (χ1v) is 22.6. The number of rotatable bonds is 3. The fourth-order valence-corrected chi connectivity index (χ4v) is 12.8. The number of anilines is 5. The van der Waals surface area contributed by atoms with Gasteiger partial charge in [-0.25, -0.2) is 0 Å². The van der Waals surface area contributed by atoms with Gasteiger partial charge in [0.05, 0.1) is 5.69 Å². The van der Waals surface area contributed by atoms with Gasteiger partial charge in [0.1, 0.15) is 0 Å². The van der Waals surface area contributed by atoms with Gasteiger partial charge in [-0.1, -0.05) is 146 Å². The standard InChI is InChI=1S/C56H50BN2S/c1-53(2)26-27-54(3,4)41-28-32(24-25-38(41)53)58-44-31-48-35(33-16-10-14-23-47(33)60-48)29-36(44)50-49-34-17-9-11-18-37(34)55(5,6)42(49)30-46-51(50)57-43-21-15-20-40-52(43)59(46)45-22-13-12-19-39(45)56(40,7)8/h9-25,28-31,58H,26-27H2,1-8H3. The highest BCUT2D eigenvalue weighted by molar-refractivity contribution is 7.25. The highest BCUT2D eigenvalue weighted by Gasteiger charge is 2.45. The zero-order valence-electron chi connectivity index (χ0n) is 36.0. The smallest absolute Gasteiger partial charge is 0.197 e. The number of thiophene rings is 1. The molecule has 7 aromatic carbocycles. The predicted molar refractivity (Wildman–Crippen MR) is 259 cm³/mol. The number of nitrogens with zero attached hydrogens (tertiary/aromatic N) is 1. The Labute approximate surface area is 359 Å². The summed E-state index contributed by atoms with van der Waals surface area (Å²) in [5.41, 5.74) is 22.3. The van der Waals surface area contributed by atoms with Crippen molar-refractivity contribution in [2.24, 2.45) is 0 Å². The second-order valence-electron chi connectivity index (χ2n) is 20.3. The molecule has 0 saturated carbocycles. The van der Waals surface area contributed by atoms with Crippen molar-refractivity contribution in [3.05, 3.63) is 161 Å². The Morgan fingerprint density at radius 2 is 1.22 bits per heavy atom. The molecule has 2 nitrogen and oxygen atoms in total. The summed E-state index contributed by atoms with van der Waals surface area (Å²) < 4.78 is 2.62. The van der Waals surface area contributed by atoms with Crippen LogP contribution in [0.15, 0.2) is 127 Å². The van der Waals surface area contributed by atoms with Crippen molar-refractivity contribution in [3.63, 3.8) is 0 Å². The third-order valence-corrected chi connectivity index (χ3v) is 16.3. The first-order chi connectivity index (χ1) is 28.7. The molecular weight excluding hydrogens is 744 g/mol. The van der Waals surface area contributed by atoms with Gasteiger partial charge in [0, 0.05) is 59.3 Å². The summed E-state index contributed by atoms with van der Waals surface area (Å²) in [4.78, 5) is 2.61. The Morgan fingerprint density at radius 3 is 2.05 bits per heavy atom. The zero-order valence-corrected chi connectivity index (χ0v) is 36.8. The Morgan fingerprint density at radius 1 is 0.517 bits per heavy atom. The van der Waals surface area contributed by atoms with E-state index in [1.54, 1.807) is 0 Å². The Kier molecular flexibility index (Phi) is 7.28. The normalized spacial score (nSPS) is 17.8. The maximum absolute atomic E-state index is 4.14. The molecule has 8 aromatic rings. The second kappa shape index (κ2) is 12.0. The van der Waals surface area contributed by atoms with Crippen LogP contribution in [0.1, 0.15) is 102 Å². The quantitative estimate of drug-likeness (QED) is 0.179. The van der Waals surface area contributed by atoms with Crippen LogP contribution < -0.4 is 21.1 Å². The van der Waals surface area contributed by atoms with E-state index in [-0.39, 0.29) is 21.7 Å². The van der Waals surface area contributed by atoms with Crippen molar-refractivity contribution in [1.82, 2.24) is 0 Å². The monoisotopic (exact) mass is 793 g/mol. The summed E-state index contributed by atoms with van der Waals surface area (Å²) >= 11 is 1.90. The van der Waals surface area contributed by atoms with Gasteiger partial charge in [-0.05, 0) is 122 Å². The molecular formula is C56H50BN2S. The molecule has 4 heteroatoms. The van der Waals surface area contributed by atoms with E-state index >= 15 is 0 Å². The molecule has 2 aliphatic carbocycles. The molecule has 4 aliphatic rings. The van der Waals surface area contributed by atoms with Gasteiger partial charge in [0.25, 0.3) is 0 Å². The number of nitrogens with one attached hydrogen (secondary N) is 1. The third kappa shape index (κ3) is 4.83. The molecule has 0 saturated heterocycles. The van der Waals surface area contributed by atoms with E-state index in [0.717, 1.165) is 11.4 Å². The topological polar surface area (TPSA) is 15.3 Å². The molecule has 293 valence electrons. The summed E-state index contributed by atoms with van der Waals surface area (Å²) in [7, 11) is 2.52. The highest BCUT2D eigenvalue weighted by atomic mass is 32.1. The van der Waals surface area contributed by atoms with E-state index in [1.807, 2.05) is 11.3 Å². The maximum Gasteiger partial charge on any atom is 0.197 e. The summed E-state index contributed by atoms with van der Waals surface area (Å²) in [6.07, 6.45) is 2.39. The largest absolute Gasteiger partial charge is 0.355 e. The highest BCUT2D eigenvalue weighted by Crippen LogP contribution is 2.58. The molecule has 0 fully saturated rings. The Hall–Kier alpha value is -5.58. The molecule has 0 amide bonds. The van der Waals surface area contributed by atoms with Crippen LogP contribution in [-0.2, 0) is 21.7 Å². The first kappa shape index (κ1) is 36.3. The van der Waals surface area contributed by atoms with Crippen molar-refractivity contribution in [3.8, 4) is 22.3 Å². The van der Waals surface area contributed by atoms with Crippen LogP contribution in [0.5, 0.6) is 0 Å². The van der Waals surface area contributed by atoms with Gasteiger partial charge in [-0.3, -0.25) is 0 Å². The van der Waals surface area contributed by atoms with Crippen LogP contribution in [0, 0.1) is 0 Å². The summed E-state index contributed by atoms with van der Waals surface area (Å²) in [5, 5.41) is 6.76. The minimum Gasteiger partial charge on any atom is -0.355 e. The van der Waals surface area contributed by atoms with Crippen molar-refractivity contribution >= 4 is 78.2 Å². The Bertz CT molecular complexity index is 3180.